The van der Waals surface area contributed by atoms with Crippen LogP contribution < -0.4 is 10.1 Å². The number of methoxy groups -OCH3 is 1. The van der Waals surface area contributed by atoms with E-state index in [1.54, 1.807) is 13.2 Å². The molecule has 1 aromatic rings. The van der Waals surface area contributed by atoms with E-state index in [4.69, 9.17) is 4.74 Å². The van der Waals surface area contributed by atoms with Crippen molar-refractivity contribution in [3.63, 3.8) is 0 Å². The number of phenolic OH excluding ortho intramolecular Hbond substituents is 1. The largest absolute Gasteiger partial charge is 0.504 e. The Bertz CT molecular complexity index is 664. The molecule has 3 aliphatic rings. The van der Waals surface area contributed by atoms with Crippen molar-refractivity contribution >= 4 is 5.78 Å². The quantitative estimate of drug-likeness (QED) is 0.830. The second-order valence-electron chi connectivity index (χ2n) is 6.29. The fraction of sp³-hybridized carbons (Fsp3) is 0.471. The molecule has 0 saturated carbocycles. The number of fused-ring (bicyclic) bond motifs is 1. The third kappa shape index (κ3) is 1.69. The standard InChI is InChI=1S/C17H19NO3/c1-21-13-8-10-4-7-18-12-9-17(5-2-11(19)3-6-17)15(14(10)12)16(13)20/h2,5,8,12,18,20H,3-4,6-7,9H2,1H3. The van der Waals surface area contributed by atoms with Gasteiger partial charge in [0, 0.05) is 23.4 Å². The Kier molecular flexibility index (Phi) is 2.67. The summed E-state index contributed by atoms with van der Waals surface area (Å²) in [6, 6.07) is 2.25. The first-order valence-electron chi connectivity index (χ1n) is 7.53. The summed E-state index contributed by atoms with van der Waals surface area (Å²) in [4.78, 5) is 11.6. The number of hydrogen-bond acceptors (Lipinski definition) is 4. The van der Waals surface area contributed by atoms with Gasteiger partial charge in [0.05, 0.1) is 7.11 Å². The zero-order valence-corrected chi connectivity index (χ0v) is 12.1. The summed E-state index contributed by atoms with van der Waals surface area (Å²) in [5, 5.41) is 14.2. The second-order valence-corrected chi connectivity index (χ2v) is 6.29. The van der Waals surface area contributed by atoms with Gasteiger partial charge in [-0.25, -0.2) is 0 Å². The maximum absolute atomic E-state index is 11.6. The molecule has 2 aliphatic carbocycles. The number of carbonyl (C=O) groups excluding carboxylic acids is 1. The van der Waals surface area contributed by atoms with Gasteiger partial charge in [0.15, 0.2) is 17.3 Å². The predicted octanol–water partition coefficient (Wildman–Crippen LogP) is 2.15. The van der Waals surface area contributed by atoms with Crippen molar-refractivity contribution < 1.29 is 14.6 Å². The zero-order valence-electron chi connectivity index (χ0n) is 12.1. The van der Waals surface area contributed by atoms with Crippen LogP contribution in [0.3, 0.4) is 0 Å². The summed E-state index contributed by atoms with van der Waals surface area (Å²) in [5.41, 5.74) is 3.26. The number of ketones is 1. The van der Waals surface area contributed by atoms with Crippen molar-refractivity contribution in [2.45, 2.75) is 37.1 Å². The van der Waals surface area contributed by atoms with Crippen LogP contribution in [0.2, 0.25) is 0 Å². The number of hydrogen-bond donors (Lipinski definition) is 2. The Hall–Kier alpha value is -1.81. The molecule has 110 valence electrons. The molecule has 4 nitrogen and oxygen atoms in total. The summed E-state index contributed by atoms with van der Waals surface area (Å²) in [7, 11) is 1.59. The van der Waals surface area contributed by atoms with E-state index in [-0.39, 0.29) is 23.0 Å². The zero-order chi connectivity index (χ0) is 14.6. The van der Waals surface area contributed by atoms with E-state index >= 15 is 0 Å². The molecular formula is C17H19NO3. The molecule has 21 heavy (non-hydrogen) atoms. The van der Waals surface area contributed by atoms with Gasteiger partial charge in [-0.05, 0) is 49.1 Å². The lowest BCUT2D eigenvalue weighted by Gasteiger charge is -2.30. The van der Waals surface area contributed by atoms with Crippen LogP contribution in [0.1, 0.15) is 42.0 Å². The van der Waals surface area contributed by atoms with Gasteiger partial charge < -0.3 is 15.2 Å². The minimum atomic E-state index is -0.224. The Morgan fingerprint density at radius 1 is 1.43 bits per heavy atom. The number of allylic oxidation sites excluding steroid dienone is 2. The normalized spacial score (nSPS) is 29.8. The molecule has 4 heteroatoms. The van der Waals surface area contributed by atoms with E-state index in [1.807, 2.05) is 12.1 Å². The molecule has 0 saturated heterocycles. The van der Waals surface area contributed by atoms with Crippen LogP contribution in [-0.2, 0) is 16.6 Å². The number of nitrogens with one attached hydrogen (secondary N) is 1. The van der Waals surface area contributed by atoms with Crippen LogP contribution in [0.25, 0.3) is 0 Å². The highest BCUT2D eigenvalue weighted by molar-refractivity contribution is 5.91. The van der Waals surface area contributed by atoms with Crippen molar-refractivity contribution in [1.29, 1.82) is 0 Å². The van der Waals surface area contributed by atoms with E-state index in [0.717, 1.165) is 31.4 Å². The van der Waals surface area contributed by atoms with Crippen LogP contribution in [-0.4, -0.2) is 24.5 Å². The van der Waals surface area contributed by atoms with Gasteiger partial charge in [-0.2, -0.15) is 0 Å². The minimum absolute atomic E-state index is 0.177. The van der Waals surface area contributed by atoms with Gasteiger partial charge in [0.2, 0.25) is 0 Å². The third-order valence-electron chi connectivity index (χ3n) is 5.22. The number of carbonyl (C=O) groups is 1. The molecule has 0 aromatic heterocycles. The van der Waals surface area contributed by atoms with Gasteiger partial charge in [0.25, 0.3) is 0 Å². The first-order chi connectivity index (χ1) is 10.1. The fourth-order valence-electron chi connectivity index (χ4n) is 4.25. The van der Waals surface area contributed by atoms with E-state index < -0.39 is 0 Å². The maximum atomic E-state index is 11.6. The van der Waals surface area contributed by atoms with Crippen molar-refractivity contribution in [3.05, 3.63) is 34.9 Å². The van der Waals surface area contributed by atoms with Crippen LogP contribution in [0.5, 0.6) is 11.5 Å². The van der Waals surface area contributed by atoms with Gasteiger partial charge in [-0.15, -0.1) is 0 Å². The number of ether oxygens (including phenoxy) is 1. The van der Waals surface area contributed by atoms with Gasteiger partial charge in [-0.1, -0.05) is 6.08 Å². The molecular weight excluding hydrogens is 266 g/mol. The summed E-state index contributed by atoms with van der Waals surface area (Å²) < 4.78 is 5.37. The molecule has 0 amide bonds. The summed E-state index contributed by atoms with van der Waals surface area (Å²) in [6.07, 6.45) is 6.89. The first-order valence-corrected chi connectivity index (χ1v) is 7.53. The summed E-state index contributed by atoms with van der Waals surface area (Å²) >= 11 is 0. The molecule has 0 fully saturated rings. The van der Waals surface area contributed by atoms with Crippen molar-refractivity contribution in [2.75, 3.05) is 13.7 Å². The van der Waals surface area contributed by atoms with Crippen LogP contribution >= 0.6 is 0 Å². The smallest absolute Gasteiger partial charge is 0.162 e. The molecule has 1 heterocycles. The highest BCUT2D eigenvalue weighted by Crippen LogP contribution is 2.57. The highest BCUT2D eigenvalue weighted by atomic mass is 16.5. The number of aromatic hydroxyl groups is 1. The predicted molar refractivity (Wildman–Crippen MR) is 78.8 cm³/mol. The third-order valence-corrected chi connectivity index (χ3v) is 5.22. The fourth-order valence-corrected chi connectivity index (χ4v) is 4.25. The highest BCUT2D eigenvalue weighted by Gasteiger charge is 2.48. The van der Waals surface area contributed by atoms with Crippen LogP contribution in [0.15, 0.2) is 18.2 Å². The molecule has 1 spiro atoms. The molecule has 0 radical (unpaired) electrons. The van der Waals surface area contributed by atoms with E-state index in [9.17, 15) is 9.90 Å². The Balaban J connectivity index is 1.98. The molecule has 0 bridgehead atoms. The Morgan fingerprint density at radius 2 is 2.29 bits per heavy atom. The summed E-state index contributed by atoms with van der Waals surface area (Å²) in [6.45, 7) is 0.948. The monoisotopic (exact) mass is 285 g/mol. The Labute approximate surface area is 123 Å². The van der Waals surface area contributed by atoms with Crippen LogP contribution in [0, 0.1) is 0 Å². The minimum Gasteiger partial charge on any atom is -0.504 e. The molecule has 4 rings (SSSR count). The molecule has 1 aliphatic heterocycles. The SMILES string of the molecule is COc1cc2c3c(c1O)C1(C=CC(=O)CC1)CC3NCC2. The van der Waals surface area contributed by atoms with Crippen molar-refractivity contribution in [2.24, 2.45) is 0 Å². The first kappa shape index (κ1) is 12.9. The molecule has 2 unspecified atom stereocenters. The summed E-state index contributed by atoms with van der Waals surface area (Å²) in [5.74, 6) is 0.980. The molecule has 2 atom stereocenters. The number of phenols is 1. The second kappa shape index (κ2) is 4.34. The number of benzene rings is 1. The van der Waals surface area contributed by atoms with Gasteiger partial charge >= 0.3 is 0 Å². The maximum Gasteiger partial charge on any atom is 0.162 e. The lowest BCUT2D eigenvalue weighted by Crippen LogP contribution is -2.29. The molecule has 2 N–H and O–H groups in total. The van der Waals surface area contributed by atoms with Gasteiger partial charge in [-0.3, -0.25) is 4.79 Å². The average molecular weight is 285 g/mol. The van der Waals surface area contributed by atoms with Crippen molar-refractivity contribution in [1.82, 2.24) is 5.32 Å². The van der Waals surface area contributed by atoms with Gasteiger partial charge in [0.1, 0.15) is 0 Å². The van der Waals surface area contributed by atoms with Crippen LogP contribution in [0.4, 0.5) is 0 Å². The lowest BCUT2D eigenvalue weighted by molar-refractivity contribution is -0.115. The average Bonchev–Trinajstić information content (AvgIpc) is 2.82. The van der Waals surface area contributed by atoms with E-state index in [1.165, 1.54) is 11.1 Å². The van der Waals surface area contributed by atoms with Crippen molar-refractivity contribution in [3.8, 4) is 11.5 Å². The lowest BCUT2D eigenvalue weighted by atomic mass is 9.73. The Morgan fingerprint density at radius 3 is 3.00 bits per heavy atom. The number of rotatable bonds is 1. The van der Waals surface area contributed by atoms with E-state index in [0.29, 0.717) is 12.2 Å². The molecule has 1 aromatic carbocycles. The van der Waals surface area contributed by atoms with E-state index in [2.05, 4.69) is 5.32 Å². The topological polar surface area (TPSA) is 58.6 Å².